The van der Waals surface area contributed by atoms with Gasteiger partial charge in [-0.25, -0.2) is 0 Å². The van der Waals surface area contributed by atoms with E-state index in [4.69, 9.17) is 5.53 Å². The Labute approximate surface area is 77.4 Å². The smallest absolute Gasteiger partial charge is 0.0511 e. The Morgan fingerprint density at radius 1 is 1.46 bits per heavy atom. The van der Waals surface area contributed by atoms with Crippen molar-refractivity contribution in [1.82, 2.24) is 0 Å². The molecular formula is C9H12N4. The van der Waals surface area contributed by atoms with E-state index in [9.17, 15) is 0 Å². The van der Waals surface area contributed by atoms with Crippen LogP contribution in [0.1, 0.15) is 5.56 Å². The quantitative estimate of drug-likeness (QED) is 0.396. The summed E-state index contributed by atoms with van der Waals surface area (Å²) in [6, 6.07) is 7.92. The van der Waals surface area contributed by atoms with Crippen LogP contribution in [0, 0.1) is 0 Å². The molecule has 0 saturated carbocycles. The third-order valence-corrected chi connectivity index (χ3v) is 1.74. The maximum atomic E-state index is 8.15. The van der Waals surface area contributed by atoms with E-state index in [0.717, 1.165) is 11.3 Å². The summed E-state index contributed by atoms with van der Waals surface area (Å²) in [6.07, 6.45) is 0. The van der Waals surface area contributed by atoms with Gasteiger partial charge in [0.25, 0.3) is 0 Å². The highest BCUT2D eigenvalue weighted by Gasteiger charge is 1.95. The van der Waals surface area contributed by atoms with Gasteiger partial charge >= 0.3 is 0 Å². The first-order valence-electron chi connectivity index (χ1n) is 4.01. The van der Waals surface area contributed by atoms with Crippen LogP contribution in [0.25, 0.3) is 10.4 Å². The molecule has 0 N–H and O–H groups in total. The van der Waals surface area contributed by atoms with Crippen LogP contribution >= 0.6 is 0 Å². The Morgan fingerprint density at radius 2 is 2.23 bits per heavy atom. The summed E-state index contributed by atoms with van der Waals surface area (Å²) in [4.78, 5) is 4.73. The largest absolute Gasteiger partial charge is 0.378 e. The topological polar surface area (TPSA) is 52.0 Å². The maximum absolute atomic E-state index is 8.15. The monoisotopic (exact) mass is 176 g/mol. The van der Waals surface area contributed by atoms with Crippen LogP contribution in [0.2, 0.25) is 0 Å². The maximum Gasteiger partial charge on any atom is 0.0511 e. The fourth-order valence-electron chi connectivity index (χ4n) is 1.05. The van der Waals surface area contributed by atoms with E-state index >= 15 is 0 Å². The molecule has 4 nitrogen and oxygen atoms in total. The highest BCUT2D eigenvalue weighted by molar-refractivity contribution is 5.47. The molecule has 0 atom stereocenters. The molecule has 0 aliphatic heterocycles. The van der Waals surface area contributed by atoms with Crippen molar-refractivity contribution in [2.24, 2.45) is 5.11 Å². The first-order chi connectivity index (χ1) is 6.24. The summed E-state index contributed by atoms with van der Waals surface area (Å²) in [5.74, 6) is 0. The van der Waals surface area contributed by atoms with Gasteiger partial charge in [0.15, 0.2) is 0 Å². The molecule has 0 radical (unpaired) electrons. The first-order valence-corrected chi connectivity index (χ1v) is 4.01. The Morgan fingerprint density at radius 3 is 2.85 bits per heavy atom. The van der Waals surface area contributed by atoms with E-state index in [2.05, 4.69) is 10.0 Å². The normalized spacial score (nSPS) is 9.08. The zero-order chi connectivity index (χ0) is 9.68. The molecule has 0 aliphatic carbocycles. The lowest BCUT2D eigenvalue weighted by Gasteiger charge is -2.12. The van der Waals surface area contributed by atoms with Crippen LogP contribution in [0.4, 0.5) is 5.69 Å². The van der Waals surface area contributed by atoms with Crippen LogP contribution in [-0.2, 0) is 6.54 Å². The zero-order valence-corrected chi connectivity index (χ0v) is 7.81. The molecule has 0 bridgehead atoms. The molecule has 0 amide bonds. The van der Waals surface area contributed by atoms with E-state index in [0.29, 0.717) is 6.54 Å². The number of benzene rings is 1. The van der Waals surface area contributed by atoms with Crippen molar-refractivity contribution in [2.45, 2.75) is 6.54 Å². The van der Waals surface area contributed by atoms with Gasteiger partial charge in [0.05, 0.1) is 6.54 Å². The minimum atomic E-state index is 0.415. The third kappa shape index (κ3) is 2.69. The molecular weight excluding hydrogens is 164 g/mol. The second-order valence-corrected chi connectivity index (χ2v) is 2.95. The van der Waals surface area contributed by atoms with Crippen LogP contribution in [0.3, 0.4) is 0 Å². The van der Waals surface area contributed by atoms with Gasteiger partial charge in [0.1, 0.15) is 0 Å². The number of hydrogen-bond donors (Lipinski definition) is 0. The fourth-order valence-corrected chi connectivity index (χ4v) is 1.05. The molecule has 0 heterocycles. The lowest BCUT2D eigenvalue weighted by Crippen LogP contribution is -2.08. The van der Waals surface area contributed by atoms with Gasteiger partial charge in [0.2, 0.25) is 0 Å². The molecule has 1 aromatic carbocycles. The molecule has 0 spiro atoms. The van der Waals surface area contributed by atoms with Crippen molar-refractivity contribution in [2.75, 3.05) is 19.0 Å². The molecule has 0 fully saturated rings. The minimum Gasteiger partial charge on any atom is -0.378 e. The molecule has 0 unspecified atom stereocenters. The van der Waals surface area contributed by atoms with Gasteiger partial charge in [-0.1, -0.05) is 17.2 Å². The summed E-state index contributed by atoms with van der Waals surface area (Å²) in [6.45, 7) is 0.415. The SMILES string of the molecule is CN(C)c1cccc(CN=[N+]=[N-])c1. The molecule has 1 rings (SSSR count). The molecule has 0 aromatic heterocycles. The first kappa shape index (κ1) is 9.42. The summed E-state index contributed by atoms with van der Waals surface area (Å²) >= 11 is 0. The Hall–Kier alpha value is -1.67. The Kier molecular flexibility index (Phi) is 3.17. The van der Waals surface area contributed by atoms with Gasteiger partial charge < -0.3 is 4.90 Å². The third-order valence-electron chi connectivity index (χ3n) is 1.74. The van der Waals surface area contributed by atoms with E-state index in [1.807, 2.05) is 43.3 Å². The van der Waals surface area contributed by atoms with Gasteiger partial charge in [-0.2, -0.15) is 0 Å². The lowest BCUT2D eigenvalue weighted by molar-refractivity contribution is 1.04. The molecule has 68 valence electrons. The lowest BCUT2D eigenvalue weighted by atomic mass is 10.2. The predicted molar refractivity (Wildman–Crippen MR) is 53.6 cm³/mol. The number of azide groups is 1. The standard InChI is InChI=1S/C9H12N4/c1-13(2)9-5-3-4-8(6-9)7-11-12-10/h3-6H,7H2,1-2H3. The average molecular weight is 176 g/mol. The molecule has 0 saturated heterocycles. The van der Waals surface area contributed by atoms with Gasteiger partial charge in [-0.15, -0.1) is 0 Å². The summed E-state index contributed by atoms with van der Waals surface area (Å²) in [5, 5.41) is 3.50. The second-order valence-electron chi connectivity index (χ2n) is 2.95. The van der Waals surface area contributed by atoms with Crippen LogP contribution < -0.4 is 4.90 Å². The number of anilines is 1. The Bertz CT molecular complexity index is 326. The van der Waals surface area contributed by atoms with Crippen molar-refractivity contribution in [1.29, 1.82) is 0 Å². The van der Waals surface area contributed by atoms with E-state index in [-0.39, 0.29) is 0 Å². The summed E-state index contributed by atoms with van der Waals surface area (Å²) in [7, 11) is 3.96. The van der Waals surface area contributed by atoms with Crippen LogP contribution in [0.5, 0.6) is 0 Å². The fraction of sp³-hybridized carbons (Fsp3) is 0.333. The summed E-state index contributed by atoms with van der Waals surface area (Å²) in [5.41, 5.74) is 10.3. The Balaban J connectivity index is 2.85. The number of rotatable bonds is 3. The van der Waals surface area contributed by atoms with Crippen molar-refractivity contribution >= 4 is 5.69 Å². The number of nitrogens with zero attached hydrogens (tertiary/aromatic N) is 4. The van der Waals surface area contributed by atoms with Gasteiger partial charge in [0, 0.05) is 24.7 Å². The molecule has 0 aliphatic rings. The number of hydrogen-bond acceptors (Lipinski definition) is 2. The average Bonchev–Trinajstić information content (AvgIpc) is 2.15. The van der Waals surface area contributed by atoms with Crippen molar-refractivity contribution in [3.63, 3.8) is 0 Å². The van der Waals surface area contributed by atoms with Crippen LogP contribution in [-0.4, -0.2) is 14.1 Å². The van der Waals surface area contributed by atoms with Crippen LogP contribution in [0.15, 0.2) is 29.4 Å². The van der Waals surface area contributed by atoms with E-state index in [1.54, 1.807) is 0 Å². The van der Waals surface area contributed by atoms with Crippen molar-refractivity contribution in [3.8, 4) is 0 Å². The second kappa shape index (κ2) is 4.38. The van der Waals surface area contributed by atoms with E-state index in [1.165, 1.54) is 0 Å². The van der Waals surface area contributed by atoms with Gasteiger partial charge in [-0.05, 0) is 23.2 Å². The molecule has 1 aromatic rings. The van der Waals surface area contributed by atoms with E-state index < -0.39 is 0 Å². The molecule has 13 heavy (non-hydrogen) atoms. The predicted octanol–water partition coefficient (Wildman–Crippen LogP) is 2.56. The minimum absolute atomic E-state index is 0.415. The zero-order valence-electron chi connectivity index (χ0n) is 7.81. The molecule has 4 heteroatoms. The van der Waals surface area contributed by atoms with Crippen molar-refractivity contribution in [3.05, 3.63) is 40.3 Å². The van der Waals surface area contributed by atoms with Crippen molar-refractivity contribution < 1.29 is 0 Å². The highest BCUT2D eigenvalue weighted by atomic mass is 15.1. The van der Waals surface area contributed by atoms with Gasteiger partial charge in [-0.3, -0.25) is 0 Å². The summed E-state index contributed by atoms with van der Waals surface area (Å²) < 4.78 is 0. The highest BCUT2D eigenvalue weighted by Crippen LogP contribution is 2.13.